The molecule has 0 bridgehead atoms. The van der Waals surface area contributed by atoms with Gasteiger partial charge < -0.3 is 24.4 Å². The zero-order chi connectivity index (χ0) is 29.0. The van der Waals surface area contributed by atoms with Gasteiger partial charge in [-0.15, -0.1) is 0 Å². The van der Waals surface area contributed by atoms with Gasteiger partial charge in [0.2, 0.25) is 0 Å². The Morgan fingerprint density at radius 3 is 2.59 bits per heavy atom. The van der Waals surface area contributed by atoms with Crippen LogP contribution in [0.2, 0.25) is 0 Å². The number of esters is 2. The molecular weight excluding hydrogens is 496 g/mol. The summed E-state index contributed by atoms with van der Waals surface area (Å²) < 4.78 is 16.5. The van der Waals surface area contributed by atoms with E-state index in [1.165, 1.54) is 18.1 Å². The molecule has 1 aliphatic heterocycles. The molecule has 7 heteroatoms. The van der Waals surface area contributed by atoms with Crippen LogP contribution in [0, 0.1) is 11.8 Å². The van der Waals surface area contributed by atoms with Crippen molar-refractivity contribution in [3.8, 4) is 0 Å². The van der Waals surface area contributed by atoms with Crippen LogP contribution in [0.5, 0.6) is 0 Å². The number of carbonyl (C=O) groups is 2. The zero-order valence-corrected chi connectivity index (χ0v) is 24.3. The molecule has 2 N–H and O–H groups in total. The van der Waals surface area contributed by atoms with E-state index in [9.17, 15) is 19.8 Å². The highest BCUT2D eigenvalue weighted by Crippen LogP contribution is 2.27. The lowest BCUT2D eigenvalue weighted by Gasteiger charge is -2.32. The van der Waals surface area contributed by atoms with Crippen LogP contribution in [0.25, 0.3) is 0 Å². The second-order valence-electron chi connectivity index (χ2n) is 11.0. The average molecular weight is 543 g/mol. The minimum Gasteiger partial charge on any atom is -0.457 e. The number of aryl methyl sites for hydroxylation is 1. The summed E-state index contributed by atoms with van der Waals surface area (Å²) in [5, 5.41) is 21.3. The van der Waals surface area contributed by atoms with E-state index in [1.807, 2.05) is 32.1 Å². The third-order valence-corrected chi connectivity index (χ3v) is 7.15. The summed E-state index contributed by atoms with van der Waals surface area (Å²) in [6.45, 7) is 9.43. The maximum absolute atomic E-state index is 12.6. The summed E-state index contributed by atoms with van der Waals surface area (Å²) in [6, 6.07) is 8.32. The molecule has 0 saturated carbocycles. The molecule has 0 aromatic heterocycles. The number of rotatable bonds is 9. The van der Waals surface area contributed by atoms with Crippen LogP contribution in [-0.2, 0) is 36.8 Å². The highest BCUT2D eigenvalue weighted by atomic mass is 16.6. The molecule has 0 saturated heterocycles. The van der Waals surface area contributed by atoms with Crippen LogP contribution in [0.3, 0.4) is 0 Å². The molecular formula is C32H46O7. The van der Waals surface area contributed by atoms with Gasteiger partial charge in [-0.25, -0.2) is 0 Å². The largest absolute Gasteiger partial charge is 0.457 e. The molecule has 0 aliphatic carbocycles. The molecule has 1 aromatic rings. The van der Waals surface area contributed by atoms with E-state index in [0.29, 0.717) is 12.5 Å². The van der Waals surface area contributed by atoms with Gasteiger partial charge in [0, 0.05) is 20.0 Å². The smallest absolute Gasteiger partial charge is 0.309 e. The van der Waals surface area contributed by atoms with Crippen LogP contribution in [0.1, 0.15) is 71.4 Å². The van der Waals surface area contributed by atoms with Crippen LogP contribution in [-0.4, -0.2) is 53.2 Å². The lowest BCUT2D eigenvalue weighted by atomic mass is 9.88. The third kappa shape index (κ3) is 11.1. The van der Waals surface area contributed by atoms with Gasteiger partial charge in [-0.05, 0) is 68.2 Å². The molecule has 216 valence electrons. The minimum atomic E-state index is -1.39. The van der Waals surface area contributed by atoms with E-state index < -0.39 is 35.9 Å². The van der Waals surface area contributed by atoms with Crippen molar-refractivity contribution < 1.29 is 34.0 Å². The molecule has 39 heavy (non-hydrogen) atoms. The zero-order valence-electron chi connectivity index (χ0n) is 24.3. The van der Waals surface area contributed by atoms with Gasteiger partial charge in [-0.1, -0.05) is 62.4 Å². The molecule has 1 heterocycles. The van der Waals surface area contributed by atoms with Crippen LogP contribution >= 0.6 is 0 Å². The second kappa shape index (κ2) is 15.8. The molecule has 1 aromatic carbocycles. The molecule has 0 amide bonds. The van der Waals surface area contributed by atoms with E-state index in [-0.39, 0.29) is 25.2 Å². The number of benzene rings is 1. The summed E-state index contributed by atoms with van der Waals surface area (Å²) in [5.74, 6) is -0.934. The summed E-state index contributed by atoms with van der Waals surface area (Å²) in [7, 11) is 1.71. The van der Waals surface area contributed by atoms with E-state index >= 15 is 0 Å². The van der Waals surface area contributed by atoms with Crippen molar-refractivity contribution in [1.82, 2.24) is 0 Å². The van der Waals surface area contributed by atoms with Crippen molar-refractivity contribution in [2.24, 2.45) is 11.8 Å². The van der Waals surface area contributed by atoms with Crippen molar-refractivity contribution in [3.05, 3.63) is 71.3 Å². The molecule has 0 fully saturated rings. The van der Waals surface area contributed by atoms with Gasteiger partial charge >= 0.3 is 11.9 Å². The first-order chi connectivity index (χ1) is 18.4. The first-order valence-electron chi connectivity index (χ1n) is 13.8. The van der Waals surface area contributed by atoms with Crippen molar-refractivity contribution >= 4 is 11.9 Å². The number of carbonyl (C=O) groups excluding carboxylic acids is 2. The SMILES string of the molecule is COCc1ccccc1CCC(C)/C=C/C=C(\C)[C@H]1OC(=O)C[C@@H](O)CC[C@](C)(O)[C@@H](OC(C)=O)/C=C/[C@@H]1C. The van der Waals surface area contributed by atoms with Crippen LogP contribution in [0.15, 0.2) is 60.2 Å². The first kappa shape index (κ1) is 32.5. The normalized spacial score (nSPS) is 28.7. The summed E-state index contributed by atoms with van der Waals surface area (Å²) >= 11 is 0. The third-order valence-electron chi connectivity index (χ3n) is 7.15. The number of ether oxygens (including phenoxy) is 3. The molecule has 1 unspecified atom stereocenters. The maximum Gasteiger partial charge on any atom is 0.309 e. The second-order valence-corrected chi connectivity index (χ2v) is 11.0. The molecule has 6 atom stereocenters. The maximum atomic E-state index is 12.6. The van der Waals surface area contributed by atoms with Gasteiger partial charge in [0.05, 0.1) is 19.1 Å². The Bertz CT molecular complexity index is 1020. The Morgan fingerprint density at radius 1 is 1.23 bits per heavy atom. The number of hydrogen-bond donors (Lipinski definition) is 2. The van der Waals surface area contributed by atoms with Crippen molar-refractivity contribution in [2.75, 3.05) is 7.11 Å². The molecule has 0 radical (unpaired) electrons. The predicted octanol–water partition coefficient (Wildman–Crippen LogP) is 5.24. The fourth-order valence-corrected chi connectivity index (χ4v) is 4.70. The van der Waals surface area contributed by atoms with Gasteiger partial charge in [-0.3, -0.25) is 9.59 Å². The Labute approximate surface area is 233 Å². The number of aliphatic hydroxyl groups excluding tert-OH is 1. The molecule has 2 rings (SSSR count). The Hall–Kier alpha value is -2.74. The number of hydrogen-bond acceptors (Lipinski definition) is 7. The Kier molecular flexibility index (Phi) is 13.1. The number of cyclic esters (lactones) is 1. The standard InChI is InChI=1S/C32H46O7/c1-22(14-16-26-12-7-8-13-27(26)21-37-6)10-9-11-23(2)31-24(3)15-17-29(38-25(4)33)32(5,36)19-18-28(34)20-30(35)39-31/h7-13,15,17,22,24,28-29,31,34,36H,14,16,18-21H2,1-6H3/b10-9+,17-15+,23-11+/t22?,24-,28-,29-,31+,32-/m0/s1. The van der Waals surface area contributed by atoms with Crippen molar-refractivity contribution in [3.63, 3.8) is 0 Å². The first-order valence-corrected chi connectivity index (χ1v) is 13.8. The number of methoxy groups -OCH3 is 1. The quantitative estimate of drug-likeness (QED) is 0.250. The van der Waals surface area contributed by atoms with E-state index in [1.54, 1.807) is 26.2 Å². The van der Waals surface area contributed by atoms with Crippen molar-refractivity contribution in [1.29, 1.82) is 0 Å². The van der Waals surface area contributed by atoms with E-state index in [0.717, 1.165) is 18.4 Å². The highest BCUT2D eigenvalue weighted by Gasteiger charge is 2.35. The lowest BCUT2D eigenvalue weighted by Crippen LogP contribution is -2.42. The molecule has 7 nitrogen and oxygen atoms in total. The van der Waals surface area contributed by atoms with Gasteiger partial charge in [-0.2, -0.15) is 0 Å². The summed E-state index contributed by atoms with van der Waals surface area (Å²) in [6.07, 6.45) is 9.16. The van der Waals surface area contributed by atoms with Gasteiger partial charge in [0.15, 0.2) is 0 Å². The van der Waals surface area contributed by atoms with Gasteiger partial charge in [0.25, 0.3) is 0 Å². The molecule has 1 aliphatic rings. The fourth-order valence-electron chi connectivity index (χ4n) is 4.70. The number of allylic oxidation sites excluding steroid dienone is 3. The predicted molar refractivity (Wildman–Crippen MR) is 152 cm³/mol. The Balaban J connectivity index is 2.16. The minimum absolute atomic E-state index is 0.154. The van der Waals surface area contributed by atoms with Crippen LogP contribution < -0.4 is 0 Å². The summed E-state index contributed by atoms with van der Waals surface area (Å²) in [5.41, 5.74) is 1.95. The topological polar surface area (TPSA) is 102 Å². The van der Waals surface area contributed by atoms with E-state index in [2.05, 4.69) is 31.2 Å². The average Bonchev–Trinajstić information content (AvgIpc) is 2.87. The van der Waals surface area contributed by atoms with Crippen LogP contribution in [0.4, 0.5) is 0 Å². The van der Waals surface area contributed by atoms with Gasteiger partial charge in [0.1, 0.15) is 17.8 Å². The molecule has 0 spiro atoms. The lowest BCUT2D eigenvalue weighted by molar-refractivity contribution is -0.157. The van der Waals surface area contributed by atoms with E-state index in [4.69, 9.17) is 14.2 Å². The highest BCUT2D eigenvalue weighted by molar-refractivity contribution is 5.70. The monoisotopic (exact) mass is 542 g/mol. The fraction of sp³-hybridized carbons (Fsp3) is 0.562. The Morgan fingerprint density at radius 2 is 1.92 bits per heavy atom. The summed E-state index contributed by atoms with van der Waals surface area (Å²) in [4.78, 5) is 24.3. The van der Waals surface area contributed by atoms with Crippen molar-refractivity contribution in [2.45, 2.75) is 97.2 Å². The number of aliphatic hydroxyl groups is 2.